The summed E-state index contributed by atoms with van der Waals surface area (Å²) >= 11 is 7.54. The van der Waals surface area contributed by atoms with E-state index in [0.29, 0.717) is 0 Å². The molecule has 0 aliphatic rings. The Morgan fingerprint density at radius 2 is 0.585 bits per heavy atom. The van der Waals surface area contributed by atoms with Crippen LogP contribution in [-0.4, -0.2) is 9.13 Å². The smallest absolute Gasteiger partial charge is 0.0727 e. The van der Waals surface area contributed by atoms with E-state index in [4.69, 9.17) is 0 Å². The highest BCUT2D eigenvalue weighted by Gasteiger charge is 2.22. The molecular formula is C76H46N2S4. The van der Waals surface area contributed by atoms with Crippen molar-refractivity contribution >= 4 is 148 Å². The number of para-hydroxylation sites is 4. The van der Waals surface area contributed by atoms with Crippen molar-refractivity contribution in [3.8, 4) is 55.9 Å². The van der Waals surface area contributed by atoms with Gasteiger partial charge < -0.3 is 9.13 Å². The lowest BCUT2D eigenvalue weighted by Crippen LogP contribution is -1.93. The number of aromatic nitrogens is 2. The predicted molar refractivity (Wildman–Crippen MR) is 360 cm³/mol. The van der Waals surface area contributed by atoms with E-state index in [1.807, 2.05) is 45.3 Å². The third kappa shape index (κ3) is 7.50. The van der Waals surface area contributed by atoms with Gasteiger partial charge >= 0.3 is 0 Å². The minimum atomic E-state index is 1.19. The molecule has 0 unspecified atom stereocenters. The van der Waals surface area contributed by atoms with Crippen molar-refractivity contribution in [1.29, 1.82) is 0 Å². The van der Waals surface area contributed by atoms with Crippen LogP contribution in [-0.2, 0) is 0 Å². The first-order valence-corrected chi connectivity index (χ1v) is 31.0. The van der Waals surface area contributed by atoms with E-state index in [1.54, 1.807) is 0 Å². The van der Waals surface area contributed by atoms with Gasteiger partial charge in [-0.1, -0.05) is 188 Å². The van der Waals surface area contributed by atoms with Crippen molar-refractivity contribution in [2.45, 2.75) is 0 Å². The van der Waals surface area contributed by atoms with E-state index in [1.165, 1.54) is 159 Å². The van der Waals surface area contributed by atoms with Gasteiger partial charge in [0.05, 0.1) is 31.5 Å². The van der Waals surface area contributed by atoms with E-state index >= 15 is 0 Å². The van der Waals surface area contributed by atoms with Gasteiger partial charge in [-0.15, -0.1) is 45.3 Å². The highest BCUT2D eigenvalue weighted by Crippen LogP contribution is 2.48. The van der Waals surface area contributed by atoms with Crippen LogP contribution < -0.4 is 0 Å². The molecule has 0 aliphatic heterocycles. The Labute approximate surface area is 488 Å². The monoisotopic (exact) mass is 1110 g/mol. The average Bonchev–Trinajstić information content (AvgIpc) is 3.10. The van der Waals surface area contributed by atoms with Crippen molar-refractivity contribution in [2.24, 2.45) is 0 Å². The Hall–Kier alpha value is -9.40. The quantitative estimate of drug-likeness (QED) is 0.157. The molecule has 0 bridgehead atoms. The number of rotatable bonds is 6. The van der Waals surface area contributed by atoms with E-state index in [2.05, 4.69) is 288 Å². The molecule has 0 saturated heterocycles. The Morgan fingerprint density at radius 3 is 1.13 bits per heavy atom. The Kier molecular flexibility index (Phi) is 11.1. The van der Waals surface area contributed by atoms with E-state index < -0.39 is 0 Å². The van der Waals surface area contributed by atoms with Crippen LogP contribution >= 0.6 is 45.3 Å². The molecule has 0 aliphatic carbocycles. The van der Waals surface area contributed by atoms with Crippen LogP contribution in [0.4, 0.5) is 0 Å². The van der Waals surface area contributed by atoms with Crippen LogP contribution in [0.1, 0.15) is 0 Å². The first kappa shape index (κ1) is 47.4. The van der Waals surface area contributed by atoms with E-state index in [-0.39, 0.29) is 0 Å². The molecule has 0 amide bonds. The van der Waals surface area contributed by atoms with Gasteiger partial charge in [-0.25, -0.2) is 0 Å². The van der Waals surface area contributed by atoms with Crippen LogP contribution in [0.3, 0.4) is 0 Å². The molecule has 12 aromatic carbocycles. The average molecular weight is 1120 g/mol. The summed E-state index contributed by atoms with van der Waals surface area (Å²) in [5.74, 6) is 0. The summed E-state index contributed by atoms with van der Waals surface area (Å²) in [4.78, 5) is 0. The van der Waals surface area contributed by atoms with Crippen LogP contribution in [0, 0.1) is 0 Å². The summed E-state index contributed by atoms with van der Waals surface area (Å²) in [6, 6.07) is 102. The van der Waals surface area contributed by atoms with Gasteiger partial charge in [0.25, 0.3) is 0 Å². The molecular weight excluding hydrogens is 1070 g/mol. The van der Waals surface area contributed by atoms with Crippen molar-refractivity contribution < 1.29 is 0 Å². The molecule has 0 fully saturated rings. The van der Waals surface area contributed by atoms with Gasteiger partial charge in [-0.05, 0) is 136 Å². The highest BCUT2D eigenvalue weighted by molar-refractivity contribution is 7.27. The fourth-order valence-corrected chi connectivity index (χ4v) is 17.4. The first-order chi connectivity index (χ1) is 40.7. The maximum Gasteiger partial charge on any atom is 0.0727 e. The molecule has 18 aromatic rings. The van der Waals surface area contributed by atoms with Crippen LogP contribution in [0.5, 0.6) is 0 Å². The number of hydrogen-bond acceptors (Lipinski definition) is 4. The molecule has 6 aromatic heterocycles. The minimum absolute atomic E-state index is 1.19. The SMILES string of the molecule is c1ccc(-n2c3ccccc3c3sc4ccc(-c5ccccc5-c5ccc6sc7ccccc7c6c5)cc4c32)cc1.c1ccc(-n2c3ccccc3c3sc4ccc(-c5ccccc5-c5cccc6sc7ccccc7c56)cc4c32)cc1. The zero-order chi connectivity index (χ0) is 53.8. The van der Waals surface area contributed by atoms with Crippen molar-refractivity contribution in [3.05, 3.63) is 279 Å². The lowest BCUT2D eigenvalue weighted by molar-refractivity contribution is 1.19. The Bertz CT molecular complexity index is 5530. The van der Waals surface area contributed by atoms with Crippen molar-refractivity contribution in [3.63, 3.8) is 0 Å². The van der Waals surface area contributed by atoms with E-state index in [0.717, 1.165) is 0 Å². The van der Waals surface area contributed by atoms with Crippen LogP contribution in [0.25, 0.3) is 159 Å². The zero-order valence-electron chi connectivity index (χ0n) is 44.1. The Balaban J connectivity index is 0.000000130. The number of nitrogens with zero attached hydrogens (tertiary/aromatic N) is 2. The van der Waals surface area contributed by atoms with E-state index in [9.17, 15) is 0 Å². The summed E-state index contributed by atoms with van der Waals surface area (Å²) in [5.41, 5.74) is 17.6. The molecule has 0 atom stereocenters. The molecule has 384 valence electrons. The van der Waals surface area contributed by atoms with Gasteiger partial charge in [0.2, 0.25) is 0 Å². The third-order valence-corrected chi connectivity index (χ3v) is 21.1. The Morgan fingerprint density at radius 1 is 0.220 bits per heavy atom. The number of fused-ring (bicyclic) bond motifs is 16. The van der Waals surface area contributed by atoms with Crippen LogP contribution in [0.15, 0.2) is 279 Å². The third-order valence-electron chi connectivity index (χ3n) is 16.4. The topological polar surface area (TPSA) is 9.86 Å². The van der Waals surface area contributed by atoms with Gasteiger partial charge in [0, 0.05) is 82.7 Å². The lowest BCUT2D eigenvalue weighted by atomic mass is 9.91. The largest absolute Gasteiger partial charge is 0.308 e. The second-order valence-corrected chi connectivity index (χ2v) is 25.3. The van der Waals surface area contributed by atoms with Gasteiger partial charge in [0.15, 0.2) is 0 Å². The second kappa shape index (κ2) is 19.1. The van der Waals surface area contributed by atoms with Gasteiger partial charge in [-0.3, -0.25) is 0 Å². The molecule has 6 heteroatoms. The maximum atomic E-state index is 2.44. The fraction of sp³-hybridized carbons (Fsp3) is 0. The molecule has 0 N–H and O–H groups in total. The number of thiophene rings is 4. The molecule has 18 rings (SSSR count). The molecule has 0 radical (unpaired) electrons. The molecule has 0 spiro atoms. The minimum Gasteiger partial charge on any atom is -0.308 e. The van der Waals surface area contributed by atoms with Gasteiger partial charge in [0.1, 0.15) is 0 Å². The standard InChI is InChI=1S/2C38H23NS2/c1-2-11-25(12-3-1)39-32-18-8-6-15-29(32)38-37(39)31-23-24(21-22-34(31)41-38)26-13-4-5-14-27(26)28-17-10-20-35-36(28)30-16-7-9-19-33(30)40-35;1-2-10-26(11-3-1)39-33-16-8-6-15-30(33)38-37(39)32-23-25(19-21-36(32)41-38)28-13-5-4-12-27(28)24-18-20-35-31(22-24)29-14-7-9-17-34(29)40-35/h2*1-23H. The van der Waals surface area contributed by atoms with Crippen LogP contribution in [0.2, 0.25) is 0 Å². The fourth-order valence-electron chi connectivity index (χ4n) is 12.8. The normalized spacial score (nSPS) is 11.9. The molecule has 0 saturated carbocycles. The first-order valence-electron chi connectivity index (χ1n) is 27.7. The summed E-state index contributed by atoms with van der Waals surface area (Å²) in [7, 11) is 0. The predicted octanol–water partition coefficient (Wildman–Crippen LogP) is 23.4. The number of hydrogen-bond donors (Lipinski definition) is 0. The van der Waals surface area contributed by atoms with Crippen molar-refractivity contribution in [1.82, 2.24) is 9.13 Å². The second-order valence-electron chi connectivity index (χ2n) is 21.0. The summed E-state index contributed by atoms with van der Waals surface area (Å²) in [6.45, 7) is 0. The summed E-state index contributed by atoms with van der Waals surface area (Å²) in [5, 5.41) is 10.6. The highest BCUT2D eigenvalue weighted by atomic mass is 32.1. The number of benzene rings is 12. The summed E-state index contributed by atoms with van der Waals surface area (Å²) in [6.07, 6.45) is 0. The molecule has 2 nitrogen and oxygen atoms in total. The maximum absolute atomic E-state index is 2.44. The molecule has 6 heterocycles. The summed E-state index contributed by atoms with van der Waals surface area (Å²) < 4.78 is 15.6. The lowest BCUT2D eigenvalue weighted by Gasteiger charge is -2.13. The van der Waals surface area contributed by atoms with Gasteiger partial charge in [-0.2, -0.15) is 0 Å². The zero-order valence-corrected chi connectivity index (χ0v) is 47.4. The molecule has 82 heavy (non-hydrogen) atoms. The van der Waals surface area contributed by atoms with Crippen molar-refractivity contribution in [2.75, 3.05) is 0 Å².